The number of carbonyl (C=O) groups is 6. The summed E-state index contributed by atoms with van der Waals surface area (Å²) in [5.74, 6) is -1.47. The number of imide groups is 2. The maximum atomic E-state index is 12.3. The van der Waals surface area contributed by atoms with Gasteiger partial charge in [-0.15, -0.1) is 0 Å². The molecule has 12 heteroatoms. The van der Waals surface area contributed by atoms with E-state index in [-0.39, 0.29) is 96.9 Å². The molecule has 2 rings (SSSR count). The zero-order valence-electron chi connectivity index (χ0n) is 26.2. The van der Waals surface area contributed by atoms with Gasteiger partial charge in [0.2, 0.25) is 35.4 Å². The van der Waals surface area contributed by atoms with Gasteiger partial charge in [-0.2, -0.15) is 0 Å². The Bertz CT molecular complexity index is 996. The zero-order valence-corrected chi connectivity index (χ0v) is 26.2. The number of rotatable bonds is 19. The minimum absolute atomic E-state index is 0.123. The van der Waals surface area contributed by atoms with E-state index in [1.54, 1.807) is 13.8 Å². The molecule has 0 aromatic heterocycles. The van der Waals surface area contributed by atoms with E-state index in [4.69, 9.17) is 9.47 Å². The molecule has 0 spiro atoms. The van der Waals surface area contributed by atoms with Gasteiger partial charge >= 0.3 is 0 Å². The van der Waals surface area contributed by atoms with Crippen LogP contribution in [0.5, 0.6) is 0 Å². The summed E-state index contributed by atoms with van der Waals surface area (Å²) < 4.78 is 11.7. The van der Waals surface area contributed by atoms with Crippen molar-refractivity contribution in [1.29, 1.82) is 0 Å². The maximum absolute atomic E-state index is 12.3. The highest BCUT2D eigenvalue weighted by Crippen LogP contribution is 2.21. The molecule has 0 aromatic carbocycles. The normalized spacial score (nSPS) is 19.7. The number of amides is 6. The van der Waals surface area contributed by atoms with E-state index >= 15 is 0 Å². The van der Waals surface area contributed by atoms with Crippen LogP contribution in [0.25, 0.3) is 0 Å². The standard InChI is InChI=1S/C30H50N4O8/c1-21-15-25(37)33(27(21)39)12-7-9-23(35)31-11-14-41-19-30(5,6)20-42-18-29(3,4)17-32-24(36)10-8-13-34-26(38)16-22(2)28(34)40/h21-22H,7-20H2,1-6H3,(H,31,35)(H,32,36). The monoisotopic (exact) mass is 594 g/mol. The lowest BCUT2D eigenvalue weighted by molar-refractivity contribution is -0.141. The second kappa shape index (κ2) is 16.1. The molecule has 238 valence electrons. The Hall–Kier alpha value is -2.86. The van der Waals surface area contributed by atoms with Gasteiger partial charge in [0.1, 0.15) is 0 Å². The van der Waals surface area contributed by atoms with E-state index in [1.807, 2.05) is 27.7 Å². The Labute approximate surface area is 249 Å². The molecule has 0 saturated carbocycles. The molecule has 2 aliphatic rings. The summed E-state index contributed by atoms with van der Waals surface area (Å²) >= 11 is 0. The van der Waals surface area contributed by atoms with Gasteiger partial charge in [0.25, 0.3) is 0 Å². The van der Waals surface area contributed by atoms with Gasteiger partial charge in [-0.3, -0.25) is 38.6 Å². The van der Waals surface area contributed by atoms with Gasteiger partial charge < -0.3 is 20.1 Å². The number of carbonyl (C=O) groups excluding carboxylic acids is 6. The fraction of sp³-hybridized carbons (Fsp3) is 0.800. The summed E-state index contributed by atoms with van der Waals surface area (Å²) in [6.45, 7) is 14.6. The van der Waals surface area contributed by atoms with E-state index in [0.717, 1.165) is 0 Å². The SMILES string of the molecule is CC1CC(=O)N(CCCC(=O)NCCOCC(C)(C)COCC(C)(C)CNC(=O)CCCN2C(=O)CC(C)C2=O)C1=O. The van der Waals surface area contributed by atoms with Crippen molar-refractivity contribution < 1.29 is 38.2 Å². The quantitative estimate of drug-likeness (QED) is 0.169. The molecule has 0 aromatic rings. The smallest absolute Gasteiger partial charge is 0.232 e. The maximum Gasteiger partial charge on any atom is 0.232 e. The highest BCUT2D eigenvalue weighted by Gasteiger charge is 2.36. The van der Waals surface area contributed by atoms with E-state index in [9.17, 15) is 28.8 Å². The second-order valence-corrected chi connectivity index (χ2v) is 13.2. The number of hydrogen-bond acceptors (Lipinski definition) is 8. The Balaban J connectivity index is 1.51. The molecule has 12 nitrogen and oxygen atoms in total. The third-order valence-electron chi connectivity index (χ3n) is 7.32. The first-order valence-electron chi connectivity index (χ1n) is 15.0. The topological polar surface area (TPSA) is 151 Å². The number of hydrogen-bond donors (Lipinski definition) is 2. The average Bonchev–Trinajstić information content (AvgIpc) is 3.29. The average molecular weight is 595 g/mol. The van der Waals surface area contributed by atoms with E-state index in [1.165, 1.54) is 9.80 Å². The third kappa shape index (κ3) is 11.8. The van der Waals surface area contributed by atoms with Crippen molar-refractivity contribution in [3.63, 3.8) is 0 Å². The van der Waals surface area contributed by atoms with Crippen LogP contribution in [0.1, 0.15) is 80.1 Å². The predicted octanol–water partition coefficient (Wildman–Crippen LogP) is 1.65. The molecule has 2 heterocycles. The lowest BCUT2D eigenvalue weighted by atomic mass is 9.93. The van der Waals surface area contributed by atoms with Crippen LogP contribution in [0.2, 0.25) is 0 Å². The van der Waals surface area contributed by atoms with Crippen LogP contribution in [-0.2, 0) is 38.2 Å². The van der Waals surface area contributed by atoms with Crippen LogP contribution in [-0.4, -0.2) is 97.8 Å². The van der Waals surface area contributed by atoms with Crippen LogP contribution in [0.15, 0.2) is 0 Å². The highest BCUT2D eigenvalue weighted by molar-refractivity contribution is 6.03. The molecule has 42 heavy (non-hydrogen) atoms. The molecule has 0 bridgehead atoms. The summed E-state index contributed by atoms with van der Waals surface area (Å²) in [4.78, 5) is 74.4. The van der Waals surface area contributed by atoms with Crippen molar-refractivity contribution in [2.24, 2.45) is 22.7 Å². The fourth-order valence-corrected chi connectivity index (χ4v) is 4.78. The molecular weight excluding hydrogens is 544 g/mol. The first kappa shape index (κ1) is 35.3. The Morgan fingerprint density at radius 2 is 1.19 bits per heavy atom. The lowest BCUT2D eigenvalue weighted by Crippen LogP contribution is -2.38. The third-order valence-corrected chi connectivity index (χ3v) is 7.32. The van der Waals surface area contributed by atoms with Gasteiger partial charge in [0, 0.05) is 74.5 Å². The van der Waals surface area contributed by atoms with Crippen LogP contribution in [0.3, 0.4) is 0 Å². The van der Waals surface area contributed by atoms with Crippen LogP contribution < -0.4 is 10.6 Å². The number of nitrogens with one attached hydrogen (secondary N) is 2. The number of ether oxygens (including phenoxy) is 2. The van der Waals surface area contributed by atoms with E-state index in [0.29, 0.717) is 52.4 Å². The number of likely N-dealkylation sites (tertiary alicyclic amines) is 2. The molecule has 0 radical (unpaired) electrons. The summed E-state index contributed by atoms with van der Waals surface area (Å²) in [5, 5.41) is 5.71. The Morgan fingerprint density at radius 1 is 0.738 bits per heavy atom. The molecule has 2 unspecified atom stereocenters. The minimum Gasteiger partial charge on any atom is -0.380 e. The molecule has 2 atom stereocenters. The highest BCUT2D eigenvalue weighted by atomic mass is 16.5. The van der Waals surface area contributed by atoms with Gasteiger partial charge in [-0.05, 0) is 12.8 Å². The van der Waals surface area contributed by atoms with Crippen molar-refractivity contribution in [3.05, 3.63) is 0 Å². The van der Waals surface area contributed by atoms with Gasteiger partial charge in [0.05, 0.1) is 26.4 Å². The van der Waals surface area contributed by atoms with Gasteiger partial charge in [0.15, 0.2) is 0 Å². The molecule has 0 aliphatic carbocycles. The zero-order chi connectivity index (χ0) is 31.5. The molecule has 6 amide bonds. The molecule has 2 aliphatic heterocycles. The second-order valence-electron chi connectivity index (χ2n) is 13.2. The van der Waals surface area contributed by atoms with Crippen LogP contribution in [0.4, 0.5) is 0 Å². The number of nitrogens with zero attached hydrogens (tertiary/aromatic N) is 2. The van der Waals surface area contributed by atoms with Crippen molar-refractivity contribution in [3.8, 4) is 0 Å². The van der Waals surface area contributed by atoms with E-state index < -0.39 is 0 Å². The summed E-state index contributed by atoms with van der Waals surface area (Å²) in [6.07, 6.45) is 1.84. The molecule has 2 N–H and O–H groups in total. The van der Waals surface area contributed by atoms with E-state index in [2.05, 4.69) is 10.6 Å². The van der Waals surface area contributed by atoms with Crippen LogP contribution >= 0.6 is 0 Å². The van der Waals surface area contributed by atoms with Gasteiger partial charge in [-0.1, -0.05) is 41.5 Å². The Morgan fingerprint density at radius 3 is 1.67 bits per heavy atom. The van der Waals surface area contributed by atoms with Crippen molar-refractivity contribution in [2.45, 2.75) is 80.1 Å². The Kier molecular flexibility index (Phi) is 13.6. The predicted molar refractivity (Wildman–Crippen MR) is 155 cm³/mol. The van der Waals surface area contributed by atoms with Crippen molar-refractivity contribution in [2.75, 3.05) is 52.6 Å². The molecule has 2 fully saturated rings. The largest absolute Gasteiger partial charge is 0.380 e. The fourth-order valence-electron chi connectivity index (χ4n) is 4.78. The summed E-state index contributed by atoms with van der Waals surface area (Å²) in [7, 11) is 0. The summed E-state index contributed by atoms with van der Waals surface area (Å²) in [6, 6.07) is 0. The van der Waals surface area contributed by atoms with Crippen LogP contribution in [0, 0.1) is 22.7 Å². The molecule has 2 saturated heterocycles. The van der Waals surface area contributed by atoms with Gasteiger partial charge in [-0.25, -0.2) is 0 Å². The lowest BCUT2D eigenvalue weighted by Gasteiger charge is -2.29. The minimum atomic E-state index is -0.291. The summed E-state index contributed by atoms with van der Waals surface area (Å²) in [5.41, 5.74) is -0.544. The van der Waals surface area contributed by atoms with Crippen molar-refractivity contribution in [1.82, 2.24) is 20.4 Å². The first-order chi connectivity index (χ1) is 19.6. The van der Waals surface area contributed by atoms with Crippen molar-refractivity contribution >= 4 is 35.4 Å². The first-order valence-corrected chi connectivity index (χ1v) is 15.0. The molecular formula is C30H50N4O8.